The number of allylic oxidation sites excluding steroid dienone is 1. The van der Waals surface area contributed by atoms with Gasteiger partial charge in [-0.2, -0.15) is 0 Å². The summed E-state index contributed by atoms with van der Waals surface area (Å²) in [6.45, 7) is 2.31. The van der Waals surface area contributed by atoms with Gasteiger partial charge in [0, 0.05) is 50.2 Å². The highest BCUT2D eigenvalue weighted by atomic mass is 16.3. The van der Waals surface area contributed by atoms with Crippen molar-refractivity contribution in [2.24, 2.45) is 15.9 Å². The Morgan fingerprint density at radius 3 is 1.92 bits per heavy atom. The first-order valence-corrected chi connectivity index (χ1v) is 21.8. The monoisotopic (exact) mass is 805 g/mol. The number of hydrogen-bond donors (Lipinski definition) is 0. The quantitative estimate of drug-likeness (QED) is 0.163. The number of para-hydroxylation sites is 2. The maximum absolute atomic E-state index is 6.68. The lowest BCUT2D eigenvalue weighted by Gasteiger charge is -2.21. The lowest BCUT2D eigenvalue weighted by Crippen LogP contribution is -2.18. The standard InChI is InChI=1S/C59H39N3O/c1-36-29-30-52(60-59(61-58(36)47-26-14-19-37-15-4-6-20-41(37)47)50-32-40-18-5-7-21-42(40)43-22-8-9-23-44(43)50)51-34-49-46-25-11-13-28-56(46)63-57(49)35-55(51)62-53-27-12-10-24-45(53)48-31-38-16-2-3-17-39(38)33-54(48)62/h2-28,30-36H,29H2,1H3/b52-30+,60-59-,61-58+. The fourth-order valence-corrected chi connectivity index (χ4v) is 10.2. The molecular formula is C59H39N3O. The van der Waals surface area contributed by atoms with Gasteiger partial charge in [-0.05, 0) is 85.9 Å². The molecule has 0 saturated heterocycles. The molecule has 0 fully saturated rings. The third-order valence-corrected chi connectivity index (χ3v) is 13.2. The Hall–Kier alpha value is -8.08. The fourth-order valence-electron chi connectivity index (χ4n) is 10.2. The van der Waals surface area contributed by atoms with Gasteiger partial charge in [0.25, 0.3) is 0 Å². The lowest BCUT2D eigenvalue weighted by molar-refractivity contribution is 0.668. The SMILES string of the molecule is CC1C/C=C(c2cc3c(cc2-n2c4ccccc4c4cc5ccccc5cc42)oc2ccccc23)/N=C(c2cc3ccccc3c3ccccc23)\N=C/1c1cccc2ccccc12. The van der Waals surface area contributed by atoms with Crippen molar-refractivity contribution in [3.63, 3.8) is 0 Å². The van der Waals surface area contributed by atoms with Gasteiger partial charge in [0.1, 0.15) is 11.2 Å². The van der Waals surface area contributed by atoms with Crippen LogP contribution >= 0.6 is 0 Å². The van der Waals surface area contributed by atoms with E-state index in [2.05, 4.69) is 206 Å². The third kappa shape index (κ3) is 5.61. The van der Waals surface area contributed by atoms with Crippen LogP contribution in [0.3, 0.4) is 0 Å². The summed E-state index contributed by atoms with van der Waals surface area (Å²) in [5.74, 6) is 0.763. The Morgan fingerprint density at radius 2 is 1.08 bits per heavy atom. The first-order valence-electron chi connectivity index (χ1n) is 21.8. The minimum absolute atomic E-state index is 0.0737. The fraction of sp³-hybridized carbons (Fsp3) is 0.0508. The predicted molar refractivity (Wildman–Crippen MR) is 266 cm³/mol. The van der Waals surface area contributed by atoms with E-state index >= 15 is 0 Å². The molecule has 1 aliphatic rings. The van der Waals surface area contributed by atoms with Crippen LogP contribution < -0.4 is 0 Å². The zero-order valence-electron chi connectivity index (χ0n) is 34.6. The summed E-state index contributed by atoms with van der Waals surface area (Å²) in [4.78, 5) is 11.6. The van der Waals surface area contributed by atoms with Gasteiger partial charge >= 0.3 is 0 Å². The Labute approximate surface area is 363 Å². The summed E-state index contributed by atoms with van der Waals surface area (Å²) in [6.07, 6.45) is 3.10. The molecule has 1 atom stereocenters. The summed E-state index contributed by atoms with van der Waals surface area (Å²) in [5.41, 5.74) is 10.0. The number of aliphatic imine (C=N–C) groups is 2. The van der Waals surface area contributed by atoms with E-state index in [1.54, 1.807) is 0 Å². The molecule has 0 bridgehead atoms. The van der Waals surface area contributed by atoms with Crippen molar-refractivity contribution >= 4 is 104 Å². The van der Waals surface area contributed by atoms with E-state index in [4.69, 9.17) is 14.4 Å². The topological polar surface area (TPSA) is 42.8 Å². The molecule has 4 heteroatoms. The minimum Gasteiger partial charge on any atom is -0.456 e. The van der Waals surface area contributed by atoms with Gasteiger partial charge in [0.05, 0.1) is 28.1 Å². The molecule has 2 aromatic heterocycles. The molecule has 0 saturated carbocycles. The maximum Gasteiger partial charge on any atom is 0.160 e. The van der Waals surface area contributed by atoms with Gasteiger partial charge in [-0.25, -0.2) is 9.98 Å². The summed E-state index contributed by atoms with van der Waals surface area (Å²) < 4.78 is 9.10. The van der Waals surface area contributed by atoms with E-state index < -0.39 is 0 Å². The molecule has 3 heterocycles. The highest BCUT2D eigenvalue weighted by Gasteiger charge is 2.25. The average molecular weight is 806 g/mol. The van der Waals surface area contributed by atoms with Crippen LogP contribution in [-0.4, -0.2) is 16.1 Å². The van der Waals surface area contributed by atoms with E-state index in [-0.39, 0.29) is 5.92 Å². The van der Waals surface area contributed by atoms with Gasteiger partial charge in [0.2, 0.25) is 0 Å². The molecule has 1 aliphatic heterocycles. The van der Waals surface area contributed by atoms with Crippen molar-refractivity contribution in [3.05, 3.63) is 217 Å². The van der Waals surface area contributed by atoms with Crippen LogP contribution in [0.2, 0.25) is 0 Å². The van der Waals surface area contributed by atoms with Crippen LogP contribution in [0.5, 0.6) is 0 Å². The first-order chi connectivity index (χ1) is 31.1. The second-order valence-corrected chi connectivity index (χ2v) is 16.9. The summed E-state index contributed by atoms with van der Waals surface area (Å²) in [6, 6.07) is 69.8. The lowest BCUT2D eigenvalue weighted by atomic mass is 9.90. The Bertz CT molecular complexity index is 3970. The minimum atomic E-state index is 0.0737. The van der Waals surface area contributed by atoms with Crippen molar-refractivity contribution in [2.45, 2.75) is 13.3 Å². The van der Waals surface area contributed by atoms with Gasteiger partial charge in [-0.1, -0.05) is 165 Å². The van der Waals surface area contributed by atoms with Gasteiger partial charge in [0.15, 0.2) is 5.84 Å². The molecule has 0 amide bonds. The molecule has 0 N–H and O–H groups in total. The number of hydrogen-bond acceptors (Lipinski definition) is 3. The second kappa shape index (κ2) is 14.0. The number of fused-ring (bicyclic) bond motifs is 11. The molecule has 0 radical (unpaired) electrons. The average Bonchev–Trinajstić information content (AvgIpc) is 3.86. The smallest absolute Gasteiger partial charge is 0.160 e. The van der Waals surface area contributed by atoms with Crippen LogP contribution in [0.15, 0.2) is 215 Å². The summed E-state index contributed by atoms with van der Waals surface area (Å²) in [5, 5.41) is 14.0. The molecule has 10 aromatic carbocycles. The van der Waals surface area contributed by atoms with Gasteiger partial charge < -0.3 is 8.98 Å². The molecule has 1 unspecified atom stereocenters. The molecular weight excluding hydrogens is 767 g/mol. The molecule has 296 valence electrons. The zero-order chi connectivity index (χ0) is 41.6. The van der Waals surface area contributed by atoms with Crippen molar-refractivity contribution in [3.8, 4) is 5.69 Å². The predicted octanol–water partition coefficient (Wildman–Crippen LogP) is 15.6. The Kier molecular flexibility index (Phi) is 7.91. The molecule has 63 heavy (non-hydrogen) atoms. The highest BCUT2D eigenvalue weighted by molar-refractivity contribution is 6.25. The van der Waals surface area contributed by atoms with Crippen molar-refractivity contribution in [2.75, 3.05) is 0 Å². The van der Waals surface area contributed by atoms with Crippen molar-refractivity contribution in [1.82, 2.24) is 4.57 Å². The van der Waals surface area contributed by atoms with Gasteiger partial charge in [-0.15, -0.1) is 0 Å². The van der Waals surface area contributed by atoms with Crippen LogP contribution in [0, 0.1) is 5.92 Å². The van der Waals surface area contributed by atoms with Crippen LogP contribution in [0.1, 0.15) is 30.0 Å². The number of aromatic nitrogens is 1. The molecule has 4 nitrogen and oxygen atoms in total. The second-order valence-electron chi connectivity index (χ2n) is 16.9. The third-order valence-electron chi connectivity index (χ3n) is 13.2. The van der Waals surface area contributed by atoms with E-state index in [0.717, 1.165) is 84.0 Å². The summed E-state index contributed by atoms with van der Waals surface area (Å²) >= 11 is 0. The maximum atomic E-state index is 6.68. The first kappa shape index (κ1) is 35.7. The number of furan rings is 1. The number of rotatable bonds is 4. The highest BCUT2D eigenvalue weighted by Crippen LogP contribution is 2.42. The van der Waals surface area contributed by atoms with Gasteiger partial charge in [-0.3, -0.25) is 0 Å². The van der Waals surface area contributed by atoms with E-state index in [1.165, 1.54) is 43.1 Å². The van der Waals surface area contributed by atoms with E-state index in [0.29, 0.717) is 5.84 Å². The van der Waals surface area contributed by atoms with Crippen molar-refractivity contribution in [1.29, 1.82) is 0 Å². The normalized spacial score (nSPS) is 17.3. The van der Waals surface area contributed by atoms with Crippen LogP contribution in [0.25, 0.3) is 98.2 Å². The number of amidine groups is 1. The Morgan fingerprint density at radius 1 is 0.429 bits per heavy atom. The molecule has 12 aromatic rings. The zero-order valence-corrected chi connectivity index (χ0v) is 34.6. The number of benzene rings is 10. The van der Waals surface area contributed by atoms with Crippen molar-refractivity contribution < 1.29 is 4.42 Å². The molecule has 13 rings (SSSR count). The van der Waals surface area contributed by atoms with E-state index in [1.807, 2.05) is 6.07 Å². The van der Waals surface area contributed by atoms with E-state index in [9.17, 15) is 0 Å². The number of nitrogens with zero attached hydrogens (tertiary/aromatic N) is 3. The molecule has 0 spiro atoms. The molecule has 0 aliphatic carbocycles. The Balaban J connectivity index is 1.15. The summed E-state index contributed by atoms with van der Waals surface area (Å²) in [7, 11) is 0. The van der Waals surface area contributed by atoms with Crippen LogP contribution in [-0.2, 0) is 0 Å². The van der Waals surface area contributed by atoms with Crippen LogP contribution in [0.4, 0.5) is 0 Å². The largest absolute Gasteiger partial charge is 0.456 e.